The molecule has 0 amide bonds. The van der Waals surface area contributed by atoms with Gasteiger partial charge >= 0.3 is 0 Å². The van der Waals surface area contributed by atoms with Crippen molar-refractivity contribution in [1.29, 1.82) is 0 Å². The second-order valence-electron chi connectivity index (χ2n) is 6.52. The molecule has 4 heteroatoms. The number of halogens is 1. The van der Waals surface area contributed by atoms with Gasteiger partial charge in [-0.3, -0.25) is 0 Å². The molecule has 2 rings (SSSR count). The van der Waals surface area contributed by atoms with Crippen LogP contribution in [0.3, 0.4) is 0 Å². The van der Waals surface area contributed by atoms with Crippen LogP contribution in [0.25, 0.3) is 0 Å². The lowest BCUT2D eigenvalue weighted by molar-refractivity contribution is -0.143. The second-order valence-corrected chi connectivity index (χ2v) is 12.1. The van der Waals surface area contributed by atoms with Gasteiger partial charge in [-0.25, -0.2) is 0 Å². The predicted molar refractivity (Wildman–Crippen MR) is 88.0 cm³/mol. The summed E-state index contributed by atoms with van der Waals surface area (Å²) >= 11 is 3.59. The van der Waals surface area contributed by atoms with Gasteiger partial charge in [0.25, 0.3) is 0 Å². The van der Waals surface area contributed by atoms with Gasteiger partial charge in [0, 0.05) is 4.47 Å². The Morgan fingerprint density at radius 2 is 1.80 bits per heavy atom. The Labute approximate surface area is 131 Å². The van der Waals surface area contributed by atoms with Gasteiger partial charge < -0.3 is 9.47 Å². The average molecular weight is 353 g/mol. The van der Waals surface area contributed by atoms with Gasteiger partial charge in [0.15, 0.2) is 11.9 Å². The molecule has 0 N–H and O–H groups in total. The molecule has 1 heterocycles. The fourth-order valence-corrected chi connectivity index (χ4v) is 3.17. The number of rotatable bonds is 1. The molecule has 1 aromatic rings. The molecule has 0 unspecified atom stereocenters. The zero-order valence-corrected chi connectivity index (χ0v) is 15.2. The van der Waals surface area contributed by atoms with Crippen LogP contribution in [0, 0.1) is 11.5 Å². The Bertz CT molecular complexity index is 552. The Kier molecular flexibility index (Phi) is 4.46. The fourth-order valence-electron chi connectivity index (χ4n) is 2.09. The van der Waals surface area contributed by atoms with E-state index in [2.05, 4.69) is 53.1 Å². The molecule has 1 aliphatic rings. The molecular formula is C16H21BrO2Si. The molecule has 0 spiro atoms. The van der Waals surface area contributed by atoms with Crippen molar-refractivity contribution >= 4 is 24.0 Å². The van der Waals surface area contributed by atoms with Crippen LogP contribution in [0.15, 0.2) is 28.7 Å². The van der Waals surface area contributed by atoms with Crippen molar-refractivity contribution in [3.8, 4) is 11.5 Å². The minimum atomic E-state index is -1.42. The van der Waals surface area contributed by atoms with Crippen molar-refractivity contribution in [2.75, 3.05) is 0 Å². The van der Waals surface area contributed by atoms with Crippen LogP contribution < -0.4 is 0 Å². The molecule has 0 aliphatic carbocycles. The summed E-state index contributed by atoms with van der Waals surface area (Å²) in [6.07, 6.45) is -0.361. The Hall–Kier alpha value is -0.603. The highest BCUT2D eigenvalue weighted by Gasteiger charge is 2.42. The van der Waals surface area contributed by atoms with E-state index in [4.69, 9.17) is 9.47 Å². The third-order valence-electron chi connectivity index (χ3n) is 2.90. The van der Waals surface area contributed by atoms with Crippen LogP contribution in [-0.2, 0) is 9.47 Å². The van der Waals surface area contributed by atoms with E-state index in [9.17, 15) is 0 Å². The van der Waals surface area contributed by atoms with Crippen molar-refractivity contribution in [2.24, 2.45) is 0 Å². The van der Waals surface area contributed by atoms with E-state index < -0.39 is 13.9 Å². The molecular weight excluding hydrogens is 332 g/mol. The van der Waals surface area contributed by atoms with Crippen molar-refractivity contribution < 1.29 is 9.47 Å². The van der Waals surface area contributed by atoms with Crippen LogP contribution in [0.4, 0.5) is 0 Å². The molecule has 108 valence electrons. The molecule has 2 nitrogen and oxygen atoms in total. The number of hydrogen-bond donors (Lipinski definition) is 0. The lowest BCUT2D eigenvalue weighted by atomic mass is 10.1. The van der Waals surface area contributed by atoms with E-state index in [0.29, 0.717) is 0 Å². The summed E-state index contributed by atoms with van der Waals surface area (Å²) in [5.74, 6) is 2.70. The average Bonchev–Trinajstić information content (AvgIpc) is 2.62. The van der Waals surface area contributed by atoms with E-state index in [1.807, 2.05) is 32.0 Å². The van der Waals surface area contributed by atoms with E-state index in [1.165, 1.54) is 0 Å². The molecule has 2 atom stereocenters. The van der Waals surface area contributed by atoms with E-state index >= 15 is 0 Å². The van der Waals surface area contributed by atoms with Gasteiger partial charge in [0.1, 0.15) is 14.2 Å². The molecule has 0 saturated carbocycles. The monoisotopic (exact) mass is 352 g/mol. The normalized spacial score (nSPS) is 25.1. The Balaban J connectivity index is 2.34. The highest BCUT2D eigenvalue weighted by atomic mass is 79.9. The van der Waals surface area contributed by atoms with Gasteiger partial charge in [0.05, 0.1) is 0 Å². The van der Waals surface area contributed by atoms with Crippen molar-refractivity contribution in [1.82, 2.24) is 0 Å². The smallest absolute Gasteiger partial charge is 0.165 e. The van der Waals surface area contributed by atoms with Crippen LogP contribution >= 0.6 is 15.9 Å². The maximum Gasteiger partial charge on any atom is 0.165 e. The third-order valence-corrected chi connectivity index (χ3v) is 4.51. The summed E-state index contributed by atoms with van der Waals surface area (Å²) in [4.78, 5) is 0. The SMILES string of the molecule is CC1(C)O[C@@H](C#C[Si](C)(C)C)[C@@H](c2ccccc2Br)O1. The summed E-state index contributed by atoms with van der Waals surface area (Å²) in [6, 6.07) is 8.09. The minimum Gasteiger partial charge on any atom is -0.339 e. The second kappa shape index (κ2) is 5.65. The fraction of sp³-hybridized carbons (Fsp3) is 0.500. The zero-order chi connectivity index (χ0) is 15.0. The molecule has 0 radical (unpaired) electrons. The van der Waals surface area contributed by atoms with Crippen LogP contribution in [0.2, 0.25) is 19.6 Å². The molecule has 20 heavy (non-hydrogen) atoms. The van der Waals surface area contributed by atoms with Crippen LogP contribution in [0.5, 0.6) is 0 Å². The van der Waals surface area contributed by atoms with Gasteiger partial charge in [-0.1, -0.05) is 59.7 Å². The zero-order valence-electron chi connectivity index (χ0n) is 12.7. The summed E-state index contributed by atoms with van der Waals surface area (Å²) in [5.41, 5.74) is 4.48. The van der Waals surface area contributed by atoms with E-state index in [1.54, 1.807) is 0 Å². The topological polar surface area (TPSA) is 18.5 Å². The van der Waals surface area contributed by atoms with Crippen molar-refractivity contribution in [3.63, 3.8) is 0 Å². The molecule has 1 aliphatic heterocycles. The largest absolute Gasteiger partial charge is 0.339 e. The van der Waals surface area contributed by atoms with Gasteiger partial charge in [-0.15, -0.1) is 5.54 Å². The summed E-state index contributed by atoms with van der Waals surface area (Å²) in [7, 11) is -1.42. The number of hydrogen-bond acceptors (Lipinski definition) is 2. The summed E-state index contributed by atoms with van der Waals surface area (Å²) in [6.45, 7) is 10.6. The summed E-state index contributed by atoms with van der Waals surface area (Å²) < 4.78 is 13.1. The quantitative estimate of drug-likeness (QED) is 0.546. The Morgan fingerprint density at radius 1 is 1.15 bits per heavy atom. The van der Waals surface area contributed by atoms with Gasteiger partial charge in [-0.2, -0.15) is 0 Å². The third kappa shape index (κ3) is 3.95. The first-order chi connectivity index (χ1) is 9.18. The van der Waals surface area contributed by atoms with E-state index in [-0.39, 0.29) is 12.2 Å². The standard InChI is InChI=1S/C16H21BrO2Si/c1-16(2)18-14(10-11-20(3,4)5)15(19-16)12-8-6-7-9-13(12)17/h6-9,14-15H,1-5H3/t14-,15+/m0/s1. The predicted octanol–water partition coefficient (Wildman–Crippen LogP) is 4.52. The maximum atomic E-state index is 6.05. The highest BCUT2D eigenvalue weighted by molar-refractivity contribution is 9.10. The van der Waals surface area contributed by atoms with Gasteiger partial charge in [0.2, 0.25) is 0 Å². The van der Waals surface area contributed by atoms with Crippen molar-refractivity contribution in [2.45, 2.75) is 51.5 Å². The first-order valence-electron chi connectivity index (χ1n) is 6.81. The molecule has 1 saturated heterocycles. The molecule has 1 aromatic carbocycles. The molecule has 0 aromatic heterocycles. The highest BCUT2D eigenvalue weighted by Crippen LogP contribution is 2.40. The van der Waals surface area contributed by atoms with E-state index in [0.717, 1.165) is 10.0 Å². The first kappa shape index (κ1) is 15.8. The first-order valence-corrected chi connectivity index (χ1v) is 11.1. The lowest BCUT2D eigenvalue weighted by Crippen LogP contribution is -2.22. The summed E-state index contributed by atoms with van der Waals surface area (Å²) in [5, 5.41) is 0. The number of benzene rings is 1. The number of ether oxygens (including phenoxy) is 2. The Morgan fingerprint density at radius 3 is 2.40 bits per heavy atom. The van der Waals surface area contributed by atoms with Crippen LogP contribution in [-0.4, -0.2) is 20.0 Å². The lowest BCUT2D eigenvalue weighted by Gasteiger charge is -2.17. The molecule has 0 bridgehead atoms. The van der Waals surface area contributed by atoms with Crippen molar-refractivity contribution in [3.05, 3.63) is 34.3 Å². The molecule has 1 fully saturated rings. The minimum absolute atomic E-state index is 0.149. The maximum absolute atomic E-state index is 6.05. The van der Waals surface area contributed by atoms with Crippen LogP contribution in [0.1, 0.15) is 25.5 Å². The van der Waals surface area contributed by atoms with Gasteiger partial charge in [-0.05, 0) is 25.5 Å².